The molecule has 1 unspecified atom stereocenters. The lowest BCUT2D eigenvalue weighted by Crippen LogP contribution is -2.36. The molecule has 1 saturated heterocycles. The van der Waals surface area contributed by atoms with Crippen LogP contribution in [0, 0.1) is 6.92 Å². The van der Waals surface area contributed by atoms with Gasteiger partial charge in [0.15, 0.2) is 5.82 Å². The Morgan fingerprint density at radius 2 is 2.00 bits per heavy atom. The van der Waals surface area contributed by atoms with Crippen molar-refractivity contribution in [2.75, 3.05) is 18.0 Å². The second kappa shape index (κ2) is 5.40. The fraction of sp³-hybridized carbons (Fsp3) is 0.353. The lowest BCUT2D eigenvalue weighted by atomic mass is 9.97. The van der Waals surface area contributed by atoms with Crippen molar-refractivity contribution in [2.45, 2.75) is 25.7 Å². The third-order valence-electron chi connectivity index (χ3n) is 4.35. The normalized spacial score (nSPS) is 18.8. The number of hydrogen-bond acceptors (Lipinski definition) is 4. The standard InChI is InChI=1S/C17H19N5/c1-12-17(21-15-7-3-2-6-14(15)20-12)22-10-4-5-13(11-22)16-18-8-9-19-16/h2-3,6-9,13H,4-5,10-11H2,1H3,(H,18,19). The number of nitrogens with zero attached hydrogens (tertiary/aromatic N) is 4. The molecule has 2 aromatic heterocycles. The molecule has 4 rings (SSSR count). The van der Waals surface area contributed by atoms with Crippen LogP contribution in [0.1, 0.15) is 30.3 Å². The molecule has 0 amide bonds. The first-order valence-electron chi connectivity index (χ1n) is 7.79. The predicted octanol–water partition coefficient (Wildman–Crippen LogP) is 3.05. The summed E-state index contributed by atoms with van der Waals surface area (Å²) in [6, 6.07) is 8.06. The molecule has 0 spiro atoms. The number of nitrogens with one attached hydrogen (secondary N) is 1. The van der Waals surface area contributed by atoms with Crippen LogP contribution in [0.4, 0.5) is 5.82 Å². The highest BCUT2D eigenvalue weighted by Crippen LogP contribution is 2.29. The van der Waals surface area contributed by atoms with Gasteiger partial charge < -0.3 is 9.88 Å². The average molecular weight is 293 g/mol. The molecule has 22 heavy (non-hydrogen) atoms. The molecule has 1 aromatic carbocycles. The summed E-state index contributed by atoms with van der Waals surface area (Å²) in [4.78, 5) is 19.6. The highest BCUT2D eigenvalue weighted by Gasteiger charge is 2.25. The third kappa shape index (κ3) is 2.32. The largest absolute Gasteiger partial charge is 0.354 e. The molecule has 3 aromatic rings. The number of rotatable bonds is 2. The quantitative estimate of drug-likeness (QED) is 0.789. The molecule has 5 nitrogen and oxygen atoms in total. The molecular formula is C17H19N5. The Kier molecular flexibility index (Phi) is 3.25. The number of anilines is 1. The minimum Gasteiger partial charge on any atom is -0.354 e. The highest BCUT2D eigenvalue weighted by atomic mass is 15.2. The minimum absolute atomic E-state index is 0.441. The van der Waals surface area contributed by atoms with Gasteiger partial charge in [-0.2, -0.15) is 0 Å². The Hall–Kier alpha value is -2.43. The molecule has 0 aliphatic carbocycles. The Morgan fingerprint density at radius 1 is 1.18 bits per heavy atom. The molecule has 1 N–H and O–H groups in total. The van der Waals surface area contributed by atoms with Gasteiger partial charge in [-0.15, -0.1) is 0 Å². The van der Waals surface area contributed by atoms with Gasteiger partial charge in [0, 0.05) is 31.4 Å². The lowest BCUT2D eigenvalue weighted by molar-refractivity contribution is 0.491. The Balaban J connectivity index is 1.67. The fourth-order valence-corrected chi connectivity index (χ4v) is 3.27. The summed E-state index contributed by atoms with van der Waals surface area (Å²) in [6.45, 7) is 4.03. The zero-order valence-electron chi connectivity index (χ0n) is 12.7. The molecule has 0 saturated carbocycles. The van der Waals surface area contributed by atoms with Gasteiger partial charge >= 0.3 is 0 Å². The summed E-state index contributed by atoms with van der Waals surface area (Å²) >= 11 is 0. The van der Waals surface area contributed by atoms with Crippen LogP contribution in [0.3, 0.4) is 0 Å². The van der Waals surface area contributed by atoms with Crippen molar-refractivity contribution in [3.8, 4) is 0 Å². The average Bonchev–Trinajstić information content (AvgIpc) is 3.09. The van der Waals surface area contributed by atoms with Gasteiger partial charge in [-0.05, 0) is 31.9 Å². The van der Waals surface area contributed by atoms with Crippen LogP contribution in [-0.4, -0.2) is 33.0 Å². The molecule has 0 bridgehead atoms. The molecule has 3 heterocycles. The number of fused-ring (bicyclic) bond motifs is 1. The molecule has 5 heteroatoms. The molecule has 112 valence electrons. The van der Waals surface area contributed by atoms with Gasteiger partial charge in [0.05, 0.1) is 16.7 Å². The van der Waals surface area contributed by atoms with Crippen molar-refractivity contribution in [1.82, 2.24) is 19.9 Å². The number of hydrogen-bond donors (Lipinski definition) is 1. The summed E-state index contributed by atoms with van der Waals surface area (Å²) in [5, 5.41) is 0. The molecule has 1 atom stereocenters. The second-order valence-corrected chi connectivity index (χ2v) is 5.88. The monoisotopic (exact) mass is 293 g/mol. The summed E-state index contributed by atoms with van der Waals surface area (Å²) < 4.78 is 0. The van der Waals surface area contributed by atoms with Gasteiger partial charge in [-0.3, -0.25) is 0 Å². The Bertz CT molecular complexity index is 781. The number of aryl methyl sites for hydroxylation is 1. The van der Waals surface area contributed by atoms with Crippen molar-refractivity contribution in [3.05, 3.63) is 48.2 Å². The Labute approximate surface area is 129 Å². The van der Waals surface area contributed by atoms with Crippen LogP contribution in [0.5, 0.6) is 0 Å². The van der Waals surface area contributed by atoms with E-state index >= 15 is 0 Å². The third-order valence-corrected chi connectivity index (χ3v) is 4.35. The van der Waals surface area contributed by atoms with Crippen molar-refractivity contribution in [2.24, 2.45) is 0 Å². The Morgan fingerprint density at radius 3 is 2.77 bits per heavy atom. The highest BCUT2D eigenvalue weighted by molar-refractivity contribution is 5.76. The van der Waals surface area contributed by atoms with Crippen LogP contribution in [0.2, 0.25) is 0 Å². The number of aromatic nitrogens is 4. The molecule has 1 aliphatic rings. The van der Waals surface area contributed by atoms with E-state index in [4.69, 9.17) is 9.97 Å². The van der Waals surface area contributed by atoms with Crippen LogP contribution < -0.4 is 4.90 Å². The van der Waals surface area contributed by atoms with Gasteiger partial charge in [-0.1, -0.05) is 12.1 Å². The zero-order chi connectivity index (χ0) is 14.9. The van der Waals surface area contributed by atoms with E-state index in [9.17, 15) is 0 Å². The van der Waals surface area contributed by atoms with E-state index in [0.29, 0.717) is 5.92 Å². The van der Waals surface area contributed by atoms with Crippen LogP contribution >= 0.6 is 0 Å². The number of benzene rings is 1. The van der Waals surface area contributed by atoms with Crippen LogP contribution in [0.25, 0.3) is 11.0 Å². The van der Waals surface area contributed by atoms with E-state index in [1.54, 1.807) is 0 Å². The van der Waals surface area contributed by atoms with Crippen molar-refractivity contribution in [3.63, 3.8) is 0 Å². The van der Waals surface area contributed by atoms with E-state index in [1.807, 2.05) is 43.6 Å². The summed E-state index contributed by atoms with van der Waals surface area (Å²) in [6.07, 6.45) is 6.05. The first-order valence-corrected chi connectivity index (χ1v) is 7.79. The van der Waals surface area contributed by atoms with Crippen molar-refractivity contribution in [1.29, 1.82) is 0 Å². The molecule has 1 fully saturated rings. The van der Waals surface area contributed by atoms with Crippen LogP contribution in [-0.2, 0) is 0 Å². The number of H-pyrrole nitrogens is 1. The summed E-state index contributed by atoms with van der Waals surface area (Å²) in [7, 11) is 0. The number of para-hydroxylation sites is 2. The maximum absolute atomic E-state index is 4.85. The topological polar surface area (TPSA) is 57.7 Å². The number of imidazole rings is 1. The molecule has 1 aliphatic heterocycles. The summed E-state index contributed by atoms with van der Waals surface area (Å²) in [5.74, 6) is 2.53. The zero-order valence-corrected chi connectivity index (χ0v) is 12.7. The van der Waals surface area contributed by atoms with Crippen molar-refractivity contribution >= 4 is 16.9 Å². The number of aromatic amines is 1. The van der Waals surface area contributed by atoms with Gasteiger partial charge in [-0.25, -0.2) is 15.0 Å². The van der Waals surface area contributed by atoms with Crippen LogP contribution in [0.15, 0.2) is 36.7 Å². The predicted molar refractivity (Wildman–Crippen MR) is 87.1 cm³/mol. The van der Waals surface area contributed by atoms with E-state index in [-0.39, 0.29) is 0 Å². The number of piperidine rings is 1. The first kappa shape index (κ1) is 13.2. The van der Waals surface area contributed by atoms with Gasteiger partial charge in [0.1, 0.15) is 5.82 Å². The second-order valence-electron chi connectivity index (χ2n) is 5.88. The van der Waals surface area contributed by atoms with Gasteiger partial charge in [0.2, 0.25) is 0 Å². The smallest absolute Gasteiger partial charge is 0.150 e. The summed E-state index contributed by atoms with van der Waals surface area (Å²) in [5.41, 5.74) is 2.92. The lowest BCUT2D eigenvalue weighted by Gasteiger charge is -2.33. The van der Waals surface area contributed by atoms with E-state index in [2.05, 4.69) is 14.9 Å². The maximum atomic E-state index is 4.85. The first-order chi connectivity index (χ1) is 10.8. The molecule has 0 radical (unpaired) electrons. The van der Waals surface area contributed by atoms with E-state index in [1.165, 1.54) is 6.42 Å². The van der Waals surface area contributed by atoms with Crippen molar-refractivity contribution < 1.29 is 0 Å². The van der Waals surface area contributed by atoms with Gasteiger partial charge in [0.25, 0.3) is 0 Å². The van der Waals surface area contributed by atoms with E-state index in [0.717, 1.165) is 47.9 Å². The SMILES string of the molecule is Cc1nc2ccccc2nc1N1CCCC(c2ncc[nH]2)C1. The molecular weight excluding hydrogens is 274 g/mol. The minimum atomic E-state index is 0.441. The fourth-order valence-electron chi connectivity index (χ4n) is 3.27. The maximum Gasteiger partial charge on any atom is 0.150 e. The van der Waals surface area contributed by atoms with E-state index < -0.39 is 0 Å².